The topological polar surface area (TPSA) is 40.1 Å². The van der Waals surface area contributed by atoms with Gasteiger partial charge in [0.25, 0.3) is 0 Å². The number of rotatable bonds is 9. The quantitative estimate of drug-likeness (QED) is 0.629. The molecule has 0 radical (unpaired) electrons. The summed E-state index contributed by atoms with van der Waals surface area (Å²) < 4.78 is 0. The number of aliphatic carboxylic acids is 1. The maximum atomic E-state index is 10.7. The Bertz CT molecular complexity index is 358. The molecule has 0 atom stereocenters. The molecule has 0 aromatic heterocycles. The minimum atomic E-state index is -0.995. The molecule has 0 unspecified atom stereocenters. The number of carbonyl (C=O) groups excluding carboxylic acids is 1. The molecule has 2 heteroatoms. The third kappa shape index (κ3) is 5.85. The number of carboxylic acids is 1. The highest BCUT2D eigenvalue weighted by molar-refractivity contribution is 5.68. The fourth-order valence-corrected chi connectivity index (χ4v) is 2.23. The minimum absolute atomic E-state index is 0.0337. The van der Waals surface area contributed by atoms with Crippen LogP contribution < -0.4 is 5.11 Å². The molecule has 0 bridgehead atoms. The predicted octanol–water partition coefficient (Wildman–Crippen LogP) is 2.88. The summed E-state index contributed by atoms with van der Waals surface area (Å²) in [5, 5.41) is 10.7. The van der Waals surface area contributed by atoms with Gasteiger partial charge in [0.2, 0.25) is 0 Å². The lowest BCUT2D eigenvalue weighted by atomic mass is 9.98. The van der Waals surface area contributed by atoms with Crippen LogP contribution in [0, 0.1) is 0 Å². The lowest BCUT2D eigenvalue weighted by molar-refractivity contribution is -0.304. The summed E-state index contributed by atoms with van der Waals surface area (Å²) in [7, 11) is 0. The Morgan fingerprint density at radius 1 is 1.00 bits per heavy atom. The average Bonchev–Trinajstić information content (AvgIpc) is 2.35. The Morgan fingerprint density at radius 2 is 1.61 bits per heavy atom. The van der Waals surface area contributed by atoms with Gasteiger partial charge in [-0.15, -0.1) is 0 Å². The third-order valence-corrected chi connectivity index (χ3v) is 3.25. The van der Waals surface area contributed by atoms with Gasteiger partial charge in [0.15, 0.2) is 0 Å². The molecule has 0 fully saturated rings. The van der Waals surface area contributed by atoms with Crippen LogP contribution in [0.15, 0.2) is 24.3 Å². The Morgan fingerprint density at radius 3 is 2.28 bits per heavy atom. The van der Waals surface area contributed by atoms with Crippen molar-refractivity contribution in [3.63, 3.8) is 0 Å². The zero-order valence-corrected chi connectivity index (χ0v) is 11.3. The summed E-state index contributed by atoms with van der Waals surface area (Å²) in [6.45, 7) is 2.22. The Kier molecular flexibility index (Phi) is 7.16. The first-order chi connectivity index (χ1) is 8.74. The minimum Gasteiger partial charge on any atom is -0.550 e. The lowest BCUT2D eigenvalue weighted by Gasteiger charge is -2.10. The normalized spacial score (nSPS) is 10.5. The van der Waals surface area contributed by atoms with Crippen molar-refractivity contribution in [3.05, 3.63) is 35.4 Å². The molecule has 0 spiro atoms. The van der Waals surface area contributed by atoms with Gasteiger partial charge >= 0.3 is 0 Å². The van der Waals surface area contributed by atoms with Crippen molar-refractivity contribution in [2.24, 2.45) is 0 Å². The summed E-state index contributed by atoms with van der Waals surface area (Å²) in [5.74, 6) is -0.995. The highest BCUT2D eigenvalue weighted by Crippen LogP contribution is 2.14. The summed E-state index contributed by atoms with van der Waals surface area (Å²) >= 11 is 0. The fraction of sp³-hybridized carbons (Fsp3) is 0.562. The molecule has 1 aromatic rings. The zero-order valence-electron chi connectivity index (χ0n) is 11.3. The molecule has 18 heavy (non-hydrogen) atoms. The molecule has 0 aliphatic rings. The van der Waals surface area contributed by atoms with Crippen LogP contribution in [0.2, 0.25) is 0 Å². The van der Waals surface area contributed by atoms with E-state index in [4.69, 9.17) is 0 Å². The van der Waals surface area contributed by atoms with Crippen LogP contribution in [0.5, 0.6) is 0 Å². The van der Waals surface area contributed by atoms with Crippen molar-refractivity contribution >= 4 is 5.97 Å². The van der Waals surface area contributed by atoms with Crippen molar-refractivity contribution in [1.29, 1.82) is 0 Å². The summed E-state index contributed by atoms with van der Waals surface area (Å²) in [6.07, 6.45) is 8.60. The largest absolute Gasteiger partial charge is 0.550 e. The van der Waals surface area contributed by atoms with Crippen LogP contribution >= 0.6 is 0 Å². The summed E-state index contributed by atoms with van der Waals surface area (Å²) in [6, 6.07) is 7.79. The van der Waals surface area contributed by atoms with Gasteiger partial charge in [-0.05, 0) is 24.0 Å². The lowest BCUT2D eigenvalue weighted by Crippen LogP contribution is -2.24. The zero-order chi connectivity index (χ0) is 13.2. The van der Waals surface area contributed by atoms with E-state index >= 15 is 0 Å². The van der Waals surface area contributed by atoms with Crippen LogP contribution in [0.3, 0.4) is 0 Å². The van der Waals surface area contributed by atoms with Crippen molar-refractivity contribution in [2.45, 2.75) is 58.3 Å². The number of benzene rings is 1. The van der Waals surface area contributed by atoms with E-state index in [1.807, 2.05) is 24.3 Å². The van der Waals surface area contributed by atoms with Crippen molar-refractivity contribution in [1.82, 2.24) is 0 Å². The number of hydrogen-bond donors (Lipinski definition) is 0. The molecular weight excluding hydrogens is 224 g/mol. The van der Waals surface area contributed by atoms with Crippen molar-refractivity contribution in [3.8, 4) is 0 Å². The maximum Gasteiger partial charge on any atom is 0.0458 e. The van der Waals surface area contributed by atoms with E-state index in [1.54, 1.807) is 0 Å². The van der Waals surface area contributed by atoms with Crippen molar-refractivity contribution in [2.75, 3.05) is 0 Å². The highest BCUT2D eigenvalue weighted by Gasteiger charge is 2.01. The number of hydrogen-bond acceptors (Lipinski definition) is 2. The molecule has 0 saturated carbocycles. The molecule has 0 heterocycles. The van der Waals surface area contributed by atoms with E-state index in [1.165, 1.54) is 32.1 Å². The first-order valence-electron chi connectivity index (χ1n) is 7.00. The predicted molar refractivity (Wildman–Crippen MR) is 72.2 cm³/mol. The van der Waals surface area contributed by atoms with Gasteiger partial charge in [-0.3, -0.25) is 0 Å². The molecule has 0 amide bonds. The SMILES string of the molecule is CCCCCCCCc1ccccc1CC(=O)[O-]. The number of aryl methyl sites for hydroxylation is 1. The molecule has 100 valence electrons. The highest BCUT2D eigenvalue weighted by atomic mass is 16.4. The average molecular weight is 247 g/mol. The van der Waals surface area contributed by atoms with Crippen LogP contribution in [0.4, 0.5) is 0 Å². The van der Waals surface area contributed by atoms with Gasteiger partial charge < -0.3 is 9.90 Å². The number of carbonyl (C=O) groups is 1. The molecule has 2 nitrogen and oxygen atoms in total. The van der Waals surface area contributed by atoms with Crippen LogP contribution in [0.1, 0.15) is 56.6 Å². The molecule has 0 aliphatic carbocycles. The first-order valence-corrected chi connectivity index (χ1v) is 7.00. The monoisotopic (exact) mass is 247 g/mol. The smallest absolute Gasteiger partial charge is 0.0458 e. The molecule has 0 saturated heterocycles. The Labute approximate surface area is 110 Å². The van der Waals surface area contributed by atoms with Gasteiger partial charge in [0.05, 0.1) is 0 Å². The molecule has 0 N–H and O–H groups in total. The maximum absolute atomic E-state index is 10.7. The fourth-order valence-electron chi connectivity index (χ4n) is 2.23. The second-order valence-corrected chi connectivity index (χ2v) is 4.84. The first kappa shape index (κ1) is 14.7. The van der Waals surface area contributed by atoms with E-state index in [0.717, 1.165) is 24.0 Å². The van der Waals surface area contributed by atoms with E-state index in [2.05, 4.69) is 6.92 Å². The van der Waals surface area contributed by atoms with E-state index in [-0.39, 0.29) is 6.42 Å². The second kappa shape index (κ2) is 8.73. The Hall–Kier alpha value is -1.31. The van der Waals surface area contributed by atoms with Crippen LogP contribution in [-0.4, -0.2) is 5.97 Å². The molecule has 1 rings (SSSR count). The van der Waals surface area contributed by atoms with Gasteiger partial charge in [-0.2, -0.15) is 0 Å². The van der Waals surface area contributed by atoms with Crippen LogP contribution in [0.25, 0.3) is 0 Å². The van der Waals surface area contributed by atoms with Gasteiger partial charge in [-0.25, -0.2) is 0 Å². The molecule has 1 aromatic carbocycles. The van der Waals surface area contributed by atoms with Gasteiger partial charge in [0, 0.05) is 12.4 Å². The number of unbranched alkanes of at least 4 members (excludes halogenated alkanes) is 5. The van der Waals surface area contributed by atoms with Crippen LogP contribution in [-0.2, 0) is 17.6 Å². The number of carboxylic acid groups (broad SMARTS) is 1. The van der Waals surface area contributed by atoms with Gasteiger partial charge in [-0.1, -0.05) is 63.3 Å². The standard InChI is InChI=1S/C16H24O2/c1-2-3-4-5-6-7-10-14-11-8-9-12-15(14)13-16(17)18/h8-9,11-12H,2-7,10,13H2,1H3,(H,17,18)/p-1. The second-order valence-electron chi connectivity index (χ2n) is 4.84. The van der Waals surface area contributed by atoms with E-state index in [0.29, 0.717) is 0 Å². The molecule has 0 aliphatic heterocycles. The molecular formula is C16H23O2-. The summed E-state index contributed by atoms with van der Waals surface area (Å²) in [5.41, 5.74) is 2.07. The van der Waals surface area contributed by atoms with E-state index < -0.39 is 5.97 Å². The van der Waals surface area contributed by atoms with E-state index in [9.17, 15) is 9.90 Å². The Balaban J connectivity index is 2.34. The summed E-state index contributed by atoms with van der Waals surface area (Å²) in [4.78, 5) is 10.7. The third-order valence-electron chi connectivity index (χ3n) is 3.25. The van der Waals surface area contributed by atoms with Crippen molar-refractivity contribution < 1.29 is 9.90 Å². The van der Waals surface area contributed by atoms with Gasteiger partial charge in [0.1, 0.15) is 0 Å².